The van der Waals surface area contributed by atoms with Gasteiger partial charge in [0.05, 0.1) is 6.61 Å². The smallest absolute Gasteiger partial charge is 0.191 e. The Morgan fingerprint density at radius 1 is 1.17 bits per heavy atom. The van der Waals surface area contributed by atoms with E-state index < -0.39 is 0 Å². The zero-order valence-electron chi connectivity index (χ0n) is 12.5. The predicted octanol–water partition coefficient (Wildman–Crippen LogP) is 3.81. The number of pyridine rings is 1. The van der Waals surface area contributed by atoms with Crippen molar-refractivity contribution < 1.29 is 4.74 Å². The molecular weight excluding hydrogens is 376 g/mol. The first-order valence-corrected chi connectivity index (χ1v) is 8.83. The van der Waals surface area contributed by atoms with Crippen molar-refractivity contribution in [1.82, 2.24) is 19.7 Å². The Balaban J connectivity index is 1.55. The van der Waals surface area contributed by atoms with Crippen molar-refractivity contribution in [3.05, 3.63) is 53.3 Å². The molecule has 7 heteroatoms. The van der Waals surface area contributed by atoms with Gasteiger partial charge in [0.2, 0.25) is 0 Å². The second kappa shape index (κ2) is 7.61. The van der Waals surface area contributed by atoms with E-state index >= 15 is 0 Å². The number of benzene rings is 1. The zero-order valence-corrected chi connectivity index (χ0v) is 14.9. The Kier molecular flexibility index (Phi) is 5.30. The molecule has 0 radical (unpaired) electrons. The van der Waals surface area contributed by atoms with Crippen LogP contribution in [-0.4, -0.2) is 32.1 Å². The van der Waals surface area contributed by atoms with E-state index in [9.17, 15) is 0 Å². The standard InChI is InChI=1S/C16H15BrN4OS/c1-21-15(12-3-2-8-18-11-12)19-20-16(21)23-10-9-22-14-6-4-13(17)5-7-14/h2-8,11H,9-10H2,1H3. The summed E-state index contributed by atoms with van der Waals surface area (Å²) < 4.78 is 8.72. The molecule has 0 unspecified atom stereocenters. The maximum absolute atomic E-state index is 5.70. The summed E-state index contributed by atoms with van der Waals surface area (Å²) in [6.45, 7) is 0.612. The molecular formula is C16H15BrN4OS. The van der Waals surface area contributed by atoms with Gasteiger partial charge in [0.1, 0.15) is 5.75 Å². The number of nitrogens with zero attached hydrogens (tertiary/aromatic N) is 4. The van der Waals surface area contributed by atoms with E-state index in [-0.39, 0.29) is 0 Å². The van der Waals surface area contributed by atoms with Crippen molar-refractivity contribution >= 4 is 27.7 Å². The number of rotatable bonds is 6. The van der Waals surface area contributed by atoms with Gasteiger partial charge in [-0.05, 0) is 36.4 Å². The molecule has 0 saturated carbocycles. The third-order valence-electron chi connectivity index (χ3n) is 3.15. The van der Waals surface area contributed by atoms with Crippen LogP contribution in [0, 0.1) is 0 Å². The van der Waals surface area contributed by atoms with Crippen molar-refractivity contribution in [2.45, 2.75) is 5.16 Å². The lowest BCUT2D eigenvalue weighted by Crippen LogP contribution is -2.02. The molecule has 0 N–H and O–H groups in total. The molecule has 3 rings (SSSR count). The minimum absolute atomic E-state index is 0.612. The van der Waals surface area contributed by atoms with Gasteiger partial charge in [-0.3, -0.25) is 4.98 Å². The molecule has 0 amide bonds. The van der Waals surface area contributed by atoms with Crippen LogP contribution in [0.2, 0.25) is 0 Å². The lowest BCUT2D eigenvalue weighted by Gasteiger charge is -2.06. The van der Waals surface area contributed by atoms with Crippen LogP contribution in [0.15, 0.2) is 58.4 Å². The molecule has 5 nitrogen and oxygen atoms in total. The van der Waals surface area contributed by atoms with Crippen molar-refractivity contribution in [3.63, 3.8) is 0 Å². The quantitative estimate of drug-likeness (QED) is 0.473. The molecule has 2 heterocycles. The molecule has 0 bridgehead atoms. The topological polar surface area (TPSA) is 52.8 Å². The van der Waals surface area contributed by atoms with Gasteiger partial charge in [-0.1, -0.05) is 27.7 Å². The maximum atomic E-state index is 5.70. The molecule has 2 aromatic heterocycles. The fourth-order valence-corrected chi connectivity index (χ4v) is 3.00. The highest BCUT2D eigenvalue weighted by Crippen LogP contribution is 2.22. The summed E-state index contributed by atoms with van der Waals surface area (Å²) in [5.41, 5.74) is 0.959. The van der Waals surface area contributed by atoms with Crippen LogP contribution in [0.4, 0.5) is 0 Å². The average molecular weight is 391 g/mol. The van der Waals surface area contributed by atoms with Crippen LogP contribution >= 0.6 is 27.7 Å². The zero-order chi connectivity index (χ0) is 16.1. The average Bonchev–Trinajstić information content (AvgIpc) is 2.95. The second-order valence-corrected chi connectivity index (χ2v) is 6.74. The second-order valence-electron chi connectivity index (χ2n) is 4.76. The summed E-state index contributed by atoms with van der Waals surface area (Å²) in [6, 6.07) is 11.7. The normalized spacial score (nSPS) is 10.7. The van der Waals surface area contributed by atoms with Gasteiger partial charge in [-0.25, -0.2) is 0 Å². The molecule has 0 fully saturated rings. The molecule has 0 saturated heterocycles. The Morgan fingerprint density at radius 3 is 2.74 bits per heavy atom. The Hall–Kier alpha value is -1.86. The minimum atomic E-state index is 0.612. The number of hydrogen-bond acceptors (Lipinski definition) is 5. The van der Waals surface area contributed by atoms with Gasteiger partial charge in [0.15, 0.2) is 11.0 Å². The van der Waals surface area contributed by atoms with E-state index in [1.807, 2.05) is 48.0 Å². The highest BCUT2D eigenvalue weighted by Gasteiger charge is 2.11. The number of thioether (sulfide) groups is 1. The monoisotopic (exact) mass is 390 g/mol. The summed E-state index contributed by atoms with van der Waals surface area (Å²) in [7, 11) is 1.96. The van der Waals surface area contributed by atoms with Crippen molar-refractivity contribution in [2.24, 2.45) is 7.05 Å². The van der Waals surface area contributed by atoms with Crippen LogP contribution in [0.5, 0.6) is 5.75 Å². The maximum Gasteiger partial charge on any atom is 0.191 e. The van der Waals surface area contributed by atoms with E-state index in [1.54, 1.807) is 24.2 Å². The first kappa shape index (κ1) is 16.0. The van der Waals surface area contributed by atoms with Crippen LogP contribution < -0.4 is 4.74 Å². The molecule has 23 heavy (non-hydrogen) atoms. The summed E-state index contributed by atoms with van der Waals surface area (Å²) in [5, 5.41) is 9.34. The molecule has 0 aliphatic carbocycles. The van der Waals surface area contributed by atoms with Crippen molar-refractivity contribution in [1.29, 1.82) is 0 Å². The molecule has 1 aromatic carbocycles. The molecule has 118 valence electrons. The molecule has 0 spiro atoms. The molecule has 0 aliphatic heterocycles. The molecule has 0 aliphatic rings. The number of aromatic nitrogens is 4. The summed E-state index contributed by atoms with van der Waals surface area (Å²) in [4.78, 5) is 4.12. The summed E-state index contributed by atoms with van der Waals surface area (Å²) in [5.74, 6) is 2.48. The van der Waals surface area contributed by atoms with E-state index in [2.05, 4.69) is 31.1 Å². The largest absolute Gasteiger partial charge is 0.493 e. The van der Waals surface area contributed by atoms with E-state index in [4.69, 9.17) is 4.74 Å². The van der Waals surface area contributed by atoms with Gasteiger partial charge in [0, 0.05) is 35.2 Å². The first-order chi connectivity index (χ1) is 11.2. The third-order valence-corrected chi connectivity index (χ3v) is 4.66. The Bertz CT molecular complexity index is 762. The molecule has 3 aromatic rings. The van der Waals surface area contributed by atoms with Crippen molar-refractivity contribution in [2.75, 3.05) is 12.4 Å². The Labute approximate surface area is 147 Å². The third kappa shape index (κ3) is 4.11. The van der Waals surface area contributed by atoms with Gasteiger partial charge < -0.3 is 9.30 Å². The van der Waals surface area contributed by atoms with Crippen LogP contribution in [0.1, 0.15) is 0 Å². The SMILES string of the molecule is Cn1c(SCCOc2ccc(Br)cc2)nnc1-c1cccnc1. The fraction of sp³-hybridized carbons (Fsp3) is 0.188. The van der Waals surface area contributed by atoms with Gasteiger partial charge in [0.25, 0.3) is 0 Å². The van der Waals surface area contributed by atoms with Crippen LogP contribution in [0.3, 0.4) is 0 Å². The minimum Gasteiger partial charge on any atom is -0.493 e. The van der Waals surface area contributed by atoms with Gasteiger partial charge in [-0.15, -0.1) is 10.2 Å². The fourth-order valence-electron chi connectivity index (χ4n) is 2.01. The Morgan fingerprint density at radius 2 is 2.00 bits per heavy atom. The number of ether oxygens (including phenoxy) is 1. The van der Waals surface area contributed by atoms with E-state index in [0.717, 1.165) is 32.5 Å². The van der Waals surface area contributed by atoms with Gasteiger partial charge in [-0.2, -0.15) is 0 Å². The predicted molar refractivity (Wildman–Crippen MR) is 94.6 cm³/mol. The van der Waals surface area contributed by atoms with Crippen LogP contribution in [0.25, 0.3) is 11.4 Å². The first-order valence-electron chi connectivity index (χ1n) is 7.05. The summed E-state index contributed by atoms with van der Waals surface area (Å²) in [6.07, 6.45) is 3.53. The van der Waals surface area contributed by atoms with Crippen molar-refractivity contribution in [3.8, 4) is 17.1 Å². The highest BCUT2D eigenvalue weighted by molar-refractivity contribution is 9.10. The van der Waals surface area contributed by atoms with Gasteiger partial charge >= 0.3 is 0 Å². The lowest BCUT2D eigenvalue weighted by molar-refractivity contribution is 0.344. The van der Waals surface area contributed by atoms with E-state index in [1.165, 1.54) is 0 Å². The van der Waals surface area contributed by atoms with E-state index in [0.29, 0.717) is 6.61 Å². The number of hydrogen-bond donors (Lipinski definition) is 0. The highest BCUT2D eigenvalue weighted by atomic mass is 79.9. The summed E-state index contributed by atoms with van der Waals surface area (Å²) >= 11 is 5.02. The molecule has 0 atom stereocenters. The number of halogens is 1. The lowest BCUT2D eigenvalue weighted by atomic mass is 10.3. The van der Waals surface area contributed by atoms with Crippen LogP contribution in [-0.2, 0) is 7.05 Å².